The van der Waals surface area contributed by atoms with Crippen LogP contribution in [0.1, 0.15) is 60.2 Å². The highest BCUT2D eigenvalue weighted by molar-refractivity contribution is 7.59. The number of nitrogens with one attached hydrogen (secondary N) is 1. The smallest absolute Gasteiger partial charge is 0.416 e. The van der Waals surface area contributed by atoms with Gasteiger partial charge in [-0.3, -0.25) is 4.79 Å². The van der Waals surface area contributed by atoms with E-state index in [1.54, 1.807) is 26.8 Å². The molecule has 0 aromatic heterocycles. The van der Waals surface area contributed by atoms with Gasteiger partial charge in [-0.1, -0.05) is 29.3 Å². The Bertz CT molecular complexity index is 1190. The van der Waals surface area contributed by atoms with Crippen LogP contribution in [-0.2, 0) is 17.1 Å². The number of carbonyl (C=O) groups excluding carboxylic acids is 2. The predicted octanol–water partition coefficient (Wildman–Crippen LogP) is 7.78. The lowest BCUT2D eigenvalue weighted by Gasteiger charge is -2.39. The number of ether oxygens (including phenoxy) is 1. The van der Waals surface area contributed by atoms with Gasteiger partial charge in [0.25, 0.3) is 5.91 Å². The monoisotopic (exact) mass is 652 g/mol. The summed E-state index contributed by atoms with van der Waals surface area (Å²) in [6.45, 7) is 5.23. The van der Waals surface area contributed by atoms with E-state index in [-0.39, 0.29) is 62.6 Å². The molecule has 0 bridgehead atoms. The fourth-order valence-electron chi connectivity index (χ4n) is 4.04. The molecule has 1 fully saturated rings. The van der Waals surface area contributed by atoms with E-state index in [4.69, 9.17) is 27.9 Å². The minimum absolute atomic E-state index is 0. The van der Waals surface area contributed by atoms with Crippen LogP contribution in [0.2, 0.25) is 10.0 Å². The van der Waals surface area contributed by atoms with Crippen molar-refractivity contribution in [3.05, 3.63) is 68.7 Å². The van der Waals surface area contributed by atoms with E-state index in [0.717, 1.165) is 0 Å². The first-order chi connectivity index (χ1) is 17.3. The number of hydrogen-bond acceptors (Lipinski definition) is 3. The molecule has 3 rings (SSSR count). The van der Waals surface area contributed by atoms with Crippen LogP contribution in [0.4, 0.5) is 31.1 Å². The molecule has 40 heavy (non-hydrogen) atoms. The lowest BCUT2D eigenvalue weighted by molar-refractivity contribution is -0.143. The second-order valence-electron chi connectivity index (χ2n) is 9.87. The lowest BCUT2D eigenvalue weighted by Crippen LogP contribution is -2.52. The molecule has 0 aliphatic carbocycles. The van der Waals surface area contributed by atoms with Crippen molar-refractivity contribution < 1.29 is 40.7 Å². The highest BCUT2D eigenvalue weighted by Crippen LogP contribution is 2.37. The minimum Gasteiger partial charge on any atom is -0.444 e. The number of nitrogens with zero attached hydrogens (tertiary/aromatic N) is 1. The van der Waals surface area contributed by atoms with E-state index < -0.39 is 58.6 Å². The molecule has 1 saturated heterocycles. The quantitative estimate of drug-likeness (QED) is 0.345. The summed E-state index contributed by atoms with van der Waals surface area (Å²) >= 11 is 12.2. The van der Waals surface area contributed by atoms with Gasteiger partial charge in [0.2, 0.25) is 0 Å². The van der Waals surface area contributed by atoms with Crippen molar-refractivity contribution in [2.45, 2.75) is 57.1 Å². The molecule has 2 aromatic rings. The highest BCUT2D eigenvalue weighted by Gasteiger charge is 2.39. The highest BCUT2D eigenvalue weighted by atomic mass is 35.5. The summed E-state index contributed by atoms with van der Waals surface area (Å²) in [5, 5.41) is 2.99. The van der Waals surface area contributed by atoms with E-state index in [9.17, 15) is 35.9 Å². The standard InChI is InChI=1S/C25H24Cl2F6N2O3.2H2S/c1-23(2,3)38-22(37)35-7-6-20(17(12-35)13-4-5-18(26)19(27)10-13)34-21(36)14-8-15(24(28,29)30)11-16(9-14)25(31,32)33;;/h4-5,8-11,17,20H,6-7,12H2,1-3H3,(H,34,36);2*1H2/t17-,20+;;/m1../s1. The molecular formula is C25H28Cl2F6N2O3S2. The van der Waals surface area contributed by atoms with Crippen molar-refractivity contribution in [2.75, 3.05) is 13.1 Å². The first kappa shape index (κ1) is 36.1. The van der Waals surface area contributed by atoms with Gasteiger partial charge in [-0.2, -0.15) is 53.3 Å². The van der Waals surface area contributed by atoms with Crippen molar-refractivity contribution in [1.29, 1.82) is 0 Å². The number of halogens is 8. The molecule has 0 spiro atoms. The van der Waals surface area contributed by atoms with Crippen LogP contribution >= 0.6 is 50.2 Å². The summed E-state index contributed by atoms with van der Waals surface area (Å²) in [5.74, 6) is -1.75. The number of likely N-dealkylation sites (tertiary alicyclic amines) is 1. The maximum absolute atomic E-state index is 13.3. The Morgan fingerprint density at radius 3 is 1.93 bits per heavy atom. The molecule has 0 unspecified atom stereocenters. The zero-order valence-electron chi connectivity index (χ0n) is 21.4. The molecule has 224 valence electrons. The minimum atomic E-state index is -5.10. The Labute approximate surface area is 251 Å². The largest absolute Gasteiger partial charge is 0.444 e. The average Bonchev–Trinajstić information content (AvgIpc) is 2.78. The number of carbonyl (C=O) groups is 2. The second-order valence-corrected chi connectivity index (χ2v) is 10.7. The van der Waals surface area contributed by atoms with E-state index >= 15 is 0 Å². The van der Waals surface area contributed by atoms with Gasteiger partial charge in [0.1, 0.15) is 5.60 Å². The number of alkyl halides is 6. The van der Waals surface area contributed by atoms with E-state index in [2.05, 4.69) is 5.32 Å². The lowest BCUT2D eigenvalue weighted by atomic mass is 9.85. The number of amides is 2. The molecule has 15 heteroatoms. The van der Waals surface area contributed by atoms with Crippen molar-refractivity contribution in [3.63, 3.8) is 0 Å². The predicted molar refractivity (Wildman–Crippen MR) is 150 cm³/mol. The van der Waals surface area contributed by atoms with Gasteiger partial charge in [0, 0.05) is 30.6 Å². The summed E-state index contributed by atoms with van der Waals surface area (Å²) in [6.07, 6.45) is -10.7. The molecule has 2 aromatic carbocycles. The first-order valence-corrected chi connectivity index (χ1v) is 12.1. The number of hydrogen-bond donors (Lipinski definition) is 1. The van der Waals surface area contributed by atoms with Crippen molar-refractivity contribution in [2.24, 2.45) is 0 Å². The van der Waals surface area contributed by atoms with Crippen molar-refractivity contribution >= 4 is 62.2 Å². The van der Waals surface area contributed by atoms with Crippen LogP contribution in [0.5, 0.6) is 0 Å². The Kier molecular flexibility index (Phi) is 12.0. The van der Waals surface area contributed by atoms with E-state index in [0.29, 0.717) is 17.7 Å². The Morgan fingerprint density at radius 1 is 0.900 bits per heavy atom. The molecule has 0 saturated carbocycles. The third-order valence-electron chi connectivity index (χ3n) is 5.80. The van der Waals surface area contributed by atoms with Gasteiger partial charge < -0.3 is 15.0 Å². The molecule has 1 N–H and O–H groups in total. The van der Waals surface area contributed by atoms with Crippen molar-refractivity contribution in [1.82, 2.24) is 10.2 Å². The van der Waals surface area contributed by atoms with Crippen LogP contribution in [0.25, 0.3) is 0 Å². The molecule has 1 heterocycles. The molecule has 5 nitrogen and oxygen atoms in total. The van der Waals surface area contributed by atoms with Gasteiger partial charge in [0.15, 0.2) is 0 Å². The molecule has 2 atom stereocenters. The summed E-state index contributed by atoms with van der Waals surface area (Å²) in [4.78, 5) is 27.1. The average molecular weight is 654 g/mol. The fraction of sp³-hybridized carbons (Fsp3) is 0.440. The normalized spacial score (nSPS) is 17.8. The topological polar surface area (TPSA) is 58.6 Å². The third-order valence-corrected chi connectivity index (χ3v) is 6.54. The SMILES string of the molecule is CC(C)(C)OC(=O)N1CC[C@H](NC(=O)c2cc(C(F)(F)F)cc(C(F)(F)F)c2)[C@@H](c2ccc(Cl)c(Cl)c2)C1.S.S. The summed E-state index contributed by atoms with van der Waals surface area (Å²) in [5.41, 5.74) is -4.22. The van der Waals surface area contributed by atoms with Gasteiger partial charge in [0.05, 0.1) is 21.2 Å². The van der Waals surface area contributed by atoms with Crippen LogP contribution in [0.15, 0.2) is 36.4 Å². The Hall–Kier alpha value is -1.96. The van der Waals surface area contributed by atoms with E-state index in [1.165, 1.54) is 17.0 Å². The van der Waals surface area contributed by atoms with Crippen molar-refractivity contribution in [3.8, 4) is 0 Å². The molecule has 2 amide bonds. The fourth-order valence-corrected chi connectivity index (χ4v) is 4.34. The van der Waals surface area contributed by atoms with Gasteiger partial charge in [-0.15, -0.1) is 0 Å². The van der Waals surface area contributed by atoms with Crippen LogP contribution in [0, 0.1) is 0 Å². The summed E-state index contributed by atoms with van der Waals surface area (Å²) in [6, 6.07) is 4.58. The number of benzene rings is 2. The second kappa shape index (κ2) is 13.3. The molecule has 0 radical (unpaired) electrons. The third kappa shape index (κ3) is 9.28. The summed E-state index contributed by atoms with van der Waals surface area (Å²) in [7, 11) is 0. The molecule has 1 aliphatic heterocycles. The zero-order valence-corrected chi connectivity index (χ0v) is 24.9. The zero-order chi connectivity index (χ0) is 28.6. The maximum Gasteiger partial charge on any atom is 0.416 e. The van der Waals surface area contributed by atoms with Crippen LogP contribution in [-0.4, -0.2) is 41.6 Å². The number of rotatable bonds is 3. The Balaban J connectivity index is 0.00000400. The molecular weight excluding hydrogens is 625 g/mol. The van der Waals surface area contributed by atoms with Crippen LogP contribution < -0.4 is 5.32 Å². The van der Waals surface area contributed by atoms with E-state index in [1.807, 2.05) is 0 Å². The van der Waals surface area contributed by atoms with Gasteiger partial charge in [-0.25, -0.2) is 4.79 Å². The molecule has 1 aliphatic rings. The van der Waals surface area contributed by atoms with Gasteiger partial charge >= 0.3 is 18.4 Å². The number of piperidine rings is 1. The Morgan fingerprint density at radius 2 is 1.45 bits per heavy atom. The first-order valence-electron chi connectivity index (χ1n) is 11.4. The van der Waals surface area contributed by atoms with Gasteiger partial charge in [-0.05, 0) is 63.1 Å². The summed E-state index contributed by atoms with van der Waals surface area (Å²) < 4.78 is 85.1. The maximum atomic E-state index is 13.3. The van der Waals surface area contributed by atoms with Crippen LogP contribution in [0.3, 0.4) is 0 Å².